The van der Waals surface area contributed by atoms with Crippen molar-refractivity contribution in [1.29, 1.82) is 0 Å². The molecule has 0 fully saturated rings. The van der Waals surface area contributed by atoms with Crippen molar-refractivity contribution in [2.24, 2.45) is 0 Å². The normalized spacial score (nSPS) is 11.4. The van der Waals surface area contributed by atoms with Crippen LogP contribution in [0.4, 0.5) is 4.79 Å². The molecule has 0 aliphatic rings. The zero-order chi connectivity index (χ0) is 18.1. The van der Waals surface area contributed by atoms with Crippen LogP contribution in [0.1, 0.15) is 30.5 Å². The molecule has 6 nitrogen and oxygen atoms in total. The van der Waals surface area contributed by atoms with Gasteiger partial charge in [0.25, 0.3) is 0 Å². The van der Waals surface area contributed by atoms with Crippen LogP contribution in [0.3, 0.4) is 0 Å². The van der Waals surface area contributed by atoms with E-state index < -0.39 is 18.1 Å². The second kappa shape index (κ2) is 9.32. The second-order valence-electron chi connectivity index (χ2n) is 5.36. The van der Waals surface area contributed by atoms with Crippen LogP contribution in [-0.4, -0.2) is 23.8 Å². The van der Waals surface area contributed by atoms with Crippen LogP contribution in [0.25, 0.3) is 0 Å². The number of carbonyl (C=O) groups is 2. The van der Waals surface area contributed by atoms with Gasteiger partial charge in [0.15, 0.2) is 0 Å². The first kappa shape index (κ1) is 18.3. The fraction of sp³-hybridized carbons (Fsp3) is 0.263. The van der Waals surface area contributed by atoms with Gasteiger partial charge in [0, 0.05) is 0 Å². The number of hydrogen-bond acceptors (Lipinski definition) is 4. The highest BCUT2D eigenvalue weighted by atomic mass is 16.5. The van der Waals surface area contributed by atoms with E-state index in [1.165, 1.54) is 0 Å². The lowest BCUT2D eigenvalue weighted by molar-refractivity contribution is -0.137. The molecule has 1 atom stereocenters. The lowest BCUT2D eigenvalue weighted by Crippen LogP contribution is -2.30. The highest BCUT2D eigenvalue weighted by Crippen LogP contribution is 2.21. The number of amides is 1. The topological polar surface area (TPSA) is 84.9 Å². The minimum absolute atomic E-state index is 0.121. The third-order valence-corrected chi connectivity index (χ3v) is 3.48. The molecule has 0 saturated heterocycles. The van der Waals surface area contributed by atoms with Gasteiger partial charge in [0.05, 0.1) is 19.1 Å². The number of ether oxygens (including phenoxy) is 2. The third kappa shape index (κ3) is 6.18. The molecule has 0 heterocycles. The number of rotatable bonds is 8. The summed E-state index contributed by atoms with van der Waals surface area (Å²) in [4.78, 5) is 23.1. The van der Waals surface area contributed by atoms with E-state index in [9.17, 15) is 9.59 Å². The van der Waals surface area contributed by atoms with Gasteiger partial charge < -0.3 is 19.9 Å². The summed E-state index contributed by atoms with van der Waals surface area (Å²) in [6, 6.07) is 15.5. The van der Waals surface area contributed by atoms with Gasteiger partial charge in [-0.15, -0.1) is 0 Å². The molecule has 0 unspecified atom stereocenters. The van der Waals surface area contributed by atoms with Crippen molar-refractivity contribution >= 4 is 12.1 Å². The zero-order valence-electron chi connectivity index (χ0n) is 14.0. The highest BCUT2D eigenvalue weighted by Gasteiger charge is 2.19. The Hall–Kier alpha value is -3.02. The molecule has 2 aromatic rings. The van der Waals surface area contributed by atoms with Crippen molar-refractivity contribution in [1.82, 2.24) is 5.32 Å². The summed E-state index contributed by atoms with van der Waals surface area (Å²) in [5, 5.41) is 11.7. The summed E-state index contributed by atoms with van der Waals surface area (Å²) in [5.74, 6) is -0.325. The fourth-order valence-corrected chi connectivity index (χ4v) is 2.30. The largest absolute Gasteiger partial charge is 0.494 e. The minimum Gasteiger partial charge on any atom is -0.494 e. The van der Waals surface area contributed by atoms with Crippen LogP contribution in [0.2, 0.25) is 0 Å². The summed E-state index contributed by atoms with van der Waals surface area (Å²) in [6.45, 7) is 2.54. The van der Waals surface area contributed by atoms with Crippen molar-refractivity contribution < 1.29 is 24.2 Å². The third-order valence-electron chi connectivity index (χ3n) is 3.48. The van der Waals surface area contributed by atoms with Crippen molar-refractivity contribution in [3.05, 3.63) is 65.7 Å². The first-order valence-corrected chi connectivity index (χ1v) is 8.00. The Balaban J connectivity index is 1.98. The predicted octanol–water partition coefficient (Wildman–Crippen LogP) is 3.53. The Labute approximate surface area is 146 Å². The maximum atomic E-state index is 12.0. The standard InChI is InChI=1S/C19H21NO5/c1-2-24-16-10-8-15(9-11-16)17(12-18(21)22)20-19(23)25-13-14-6-4-3-5-7-14/h3-11,17H,2,12-13H2,1H3,(H,20,23)(H,21,22)/t17-/m1/s1. The molecule has 6 heteroatoms. The number of carboxylic acids is 1. The molecule has 0 aliphatic heterocycles. The number of aliphatic carboxylic acids is 1. The van der Waals surface area contributed by atoms with Gasteiger partial charge in [0.2, 0.25) is 0 Å². The molecule has 1 amide bonds. The van der Waals surface area contributed by atoms with Gasteiger partial charge in [-0.1, -0.05) is 42.5 Å². The molecule has 0 aromatic heterocycles. The van der Waals surface area contributed by atoms with Crippen molar-refractivity contribution in [2.45, 2.75) is 26.0 Å². The quantitative estimate of drug-likeness (QED) is 0.766. The average molecular weight is 343 g/mol. The van der Waals surface area contributed by atoms with Gasteiger partial charge in [-0.25, -0.2) is 4.79 Å². The molecule has 25 heavy (non-hydrogen) atoms. The monoisotopic (exact) mass is 343 g/mol. The van der Waals surface area contributed by atoms with Crippen LogP contribution in [0.15, 0.2) is 54.6 Å². The van der Waals surface area contributed by atoms with Gasteiger partial charge in [-0.05, 0) is 30.2 Å². The van der Waals surface area contributed by atoms with E-state index in [4.69, 9.17) is 14.6 Å². The molecule has 0 aliphatic carbocycles. The van der Waals surface area contributed by atoms with E-state index in [1.807, 2.05) is 37.3 Å². The van der Waals surface area contributed by atoms with Gasteiger partial charge >= 0.3 is 12.1 Å². The van der Waals surface area contributed by atoms with E-state index in [-0.39, 0.29) is 13.0 Å². The van der Waals surface area contributed by atoms with Crippen LogP contribution in [-0.2, 0) is 16.1 Å². The predicted molar refractivity (Wildman–Crippen MR) is 92.4 cm³/mol. The first-order valence-electron chi connectivity index (χ1n) is 8.00. The molecule has 0 radical (unpaired) electrons. The average Bonchev–Trinajstić information content (AvgIpc) is 2.61. The molecule has 0 saturated carbocycles. The summed E-state index contributed by atoms with van der Waals surface area (Å²) in [6.07, 6.45) is -0.905. The maximum absolute atomic E-state index is 12.0. The second-order valence-corrected chi connectivity index (χ2v) is 5.36. The Bertz CT molecular complexity index is 685. The Morgan fingerprint density at radius 3 is 2.36 bits per heavy atom. The minimum atomic E-state index is -1.01. The van der Waals surface area contributed by atoms with Crippen molar-refractivity contribution in [3.8, 4) is 5.75 Å². The molecule has 2 rings (SSSR count). The van der Waals surface area contributed by atoms with E-state index in [1.54, 1.807) is 24.3 Å². The van der Waals surface area contributed by atoms with Gasteiger partial charge in [-0.3, -0.25) is 4.79 Å². The summed E-state index contributed by atoms with van der Waals surface area (Å²) in [7, 11) is 0. The summed E-state index contributed by atoms with van der Waals surface area (Å²) >= 11 is 0. The van der Waals surface area contributed by atoms with E-state index in [2.05, 4.69) is 5.32 Å². The molecule has 0 spiro atoms. The number of carbonyl (C=O) groups excluding carboxylic acids is 1. The summed E-state index contributed by atoms with van der Waals surface area (Å²) < 4.78 is 10.5. The molecule has 2 aromatic carbocycles. The lowest BCUT2D eigenvalue weighted by atomic mass is 10.0. The smallest absolute Gasteiger partial charge is 0.407 e. The SMILES string of the molecule is CCOc1ccc([C@@H](CC(=O)O)NC(=O)OCc2ccccc2)cc1. The molecular weight excluding hydrogens is 322 g/mol. The Kier molecular flexibility index (Phi) is 6.83. The molecule has 132 valence electrons. The maximum Gasteiger partial charge on any atom is 0.407 e. The van der Waals surface area contributed by atoms with Crippen LogP contribution in [0.5, 0.6) is 5.75 Å². The molecule has 0 bridgehead atoms. The van der Waals surface area contributed by atoms with Gasteiger partial charge in [-0.2, -0.15) is 0 Å². The Morgan fingerprint density at radius 2 is 1.76 bits per heavy atom. The van der Waals surface area contributed by atoms with Gasteiger partial charge in [0.1, 0.15) is 12.4 Å². The van der Waals surface area contributed by atoms with Crippen molar-refractivity contribution in [3.63, 3.8) is 0 Å². The van der Waals surface area contributed by atoms with E-state index in [0.29, 0.717) is 17.9 Å². The highest BCUT2D eigenvalue weighted by molar-refractivity contribution is 5.72. The van der Waals surface area contributed by atoms with Crippen LogP contribution < -0.4 is 10.1 Å². The fourth-order valence-electron chi connectivity index (χ4n) is 2.30. The number of alkyl carbamates (subject to hydrolysis) is 1. The number of hydrogen-bond donors (Lipinski definition) is 2. The van der Waals surface area contributed by atoms with Crippen molar-refractivity contribution in [2.75, 3.05) is 6.61 Å². The first-order chi connectivity index (χ1) is 12.1. The summed E-state index contributed by atoms with van der Waals surface area (Å²) in [5.41, 5.74) is 1.52. The number of nitrogens with one attached hydrogen (secondary N) is 1. The molecular formula is C19H21NO5. The zero-order valence-corrected chi connectivity index (χ0v) is 14.0. The number of carboxylic acid groups (broad SMARTS) is 1. The van der Waals surface area contributed by atoms with E-state index in [0.717, 1.165) is 5.56 Å². The number of benzene rings is 2. The van der Waals surface area contributed by atoms with Crippen LogP contribution in [0, 0.1) is 0 Å². The van der Waals surface area contributed by atoms with Crippen LogP contribution >= 0.6 is 0 Å². The molecule has 2 N–H and O–H groups in total. The van der Waals surface area contributed by atoms with E-state index >= 15 is 0 Å². The Morgan fingerprint density at radius 1 is 1.08 bits per heavy atom. The lowest BCUT2D eigenvalue weighted by Gasteiger charge is -2.18.